The minimum Gasteiger partial charge on any atom is -0.367 e. The van der Waals surface area contributed by atoms with Gasteiger partial charge in [-0.2, -0.15) is 0 Å². The zero-order valence-corrected chi connectivity index (χ0v) is 8.97. The fourth-order valence-electron chi connectivity index (χ4n) is 1.44. The van der Waals surface area contributed by atoms with E-state index in [-0.39, 0.29) is 0 Å². The SMILES string of the molecule is CCSc1cccc(-c2cc[nH]c2)c1. The highest BCUT2D eigenvalue weighted by atomic mass is 32.2. The molecular weight excluding hydrogens is 190 g/mol. The monoisotopic (exact) mass is 203 g/mol. The van der Waals surface area contributed by atoms with E-state index < -0.39 is 0 Å². The van der Waals surface area contributed by atoms with Crippen LogP contribution in [-0.4, -0.2) is 10.7 Å². The first kappa shape index (κ1) is 9.41. The van der Waals surface area contributed by atoms with Gasteiger partial charge in [0.25, 0.3) is 0 Å². The molecule has 0 atom stereocenters. The topological polar surface area (TPSA) is 15.8 Å². The lowest BCUT2D eigenvalue weighted by molar-refractivity contribution is 1.40. The quantitative estimate of drug-likeness (QED) is 0.750. The van der Waals surface area contributed by atoms with Crippen LogP contribution in [0.2, 0.25) is 0 Å². The molecule has 2 aromatic rings. The normalized spacial score (nSPS) is 10.4. The average molecular weight is 203 g/mol. The summed E-state index contributed by atoms with van der Waals surface area (Å²) >= 11 is 1.88. The molecule has 0 aliphatic heterocycles. The van der Waals surface area contributed by atoms with E-state index in [4.69, 9.17) is 0 Å². The molecule has 1 aromatic heterocycles. The predicted molar refractivity (Wildman–Crippen MR) is 62.6 cm³/mol. The molecule has 1 N–H and O–H groups in total. The van der Waals surface area contributed by atoms with Crippen LogP contribution in [0.1, 0.15) is 6.92 Å². The van der Waals surface area contributed by atoms with Crippen LogP contribution in [0.3, 0.4) is 0 Å². The Balaban J connectivity index is 2.31. The minimum absolute atomic E-state index is 1.12. The Morgan fingerprint density at radius 3 is 2.86 bits per heavy atom. The van der Waals surface area contributed by atoms with Crippen LogP contribution in [0.4, 0.5) is 0 Å². The van der Waals surface area contributed by atoms with Gasteiger partial charge in [0.15, 0.2) is 0 Å². The molecule has 14 heavy (non-hydrogen) atoms. The van der Waals surface area contributed by atoms with E-state index in [1.54, 1.807) is 0 Å². The Bertz CT molecular complexity index is 392. The second-order valence-electron chi connectivity index (χ2n) is 3.06. The zero-order valence-electron chi connectivity index (χ0n) is 8.16. The number of hydrogen-bond donors (Lipinski definition) is 1. The van der Waals surface area contributed by atoms with E-state index in [1.807, 2.05) is 24.2 Å². The maximum atomic E-state index is 3.07. The fourth-order valence-corrected chi connectivity index (χ4v) is 2.15. The molecular formula is C12H13NS. The molecule has 1 nitrogen and oxygen atoms in total. The van der Waals surface area contributed by atoms with Gasteiger partial charge in [-0.1, -0.05) is 19.1 Å². The van der Waals surface area contributed by atoms with E-state index in [2.05, 4.69) is 42.2 Å². The van der Waals surface area contributed by atoms with Gasteiger partial charge in [0.2, 0.25) is 0 Å². The molecule has 2 heteroatoms. The number of benzene rings is 1. The smallest absolute Gasteiger partial charge is 0.00841 e. The number of H-pyrrole nitrogens is 1. The maximum absolute atomic E-state index is 3.07. The third-order valence-electron chi connectivity index (χ3n) is 2.08. The van der Waals surface area contributed by atoms with Gasteiger partial charge in [0.1, 0.15) is 0 Å². The van der Waals surface area contributed by atoms with Crippen LogP contribution in [0, 0.1) is 0 Å². The van der Waals surface area contributed by atoms with Crippen molar-refractivity contribution in [2.45, 2.75) is 11.8 Å². The van der Waals surface area contributed by atoms with Gasteiger partial charge in [-0.15, -0.1) is 11.8 Å². The van der Waals surface area contributed by atoms with Crippen molar-refractivity contribution < 1.29 is 0 Å². The summed E-state index contributed by atoms with van der Waals surface area (Å²) in [6.45, 7) is 2.17. The van der Waals surface area contributed by atoms with Crippen LogP contribution >= 0.6 is 11.8 Å². The van der Waals surface area contributed by atoms with Crippen LogP contribution < -0.4 is 0 Å². The molecule has 0 bridgehead atoms. The number of aromatic nitrogens is 1. The predicted octanol–water partition coefficient (Wildman–Crippen LogP) is 3.79. The summed E-state index contributed by atoms with van der Waals surface area (Å²) in [6.07, 6.45) is 3.98. The molecule has 0 saturated carbocycles. The van der Waals surface area contributed by atoms with Gasteiger partial charge >= 0.3 is 0 Å². The van der Waals surface area contributed by atoms with Crippen molar-refractivity contribution in [3.8, 4) is 11.1 Å². The van der Waals surface area contributed by atoms with Gasteiger partial charge in [-0.3, -0.25) is 0 Å². The van der Waals surface area contributed by atoms with Crippen LogP contribution in [0.15, 0.2) is 47.6 Å². The van der Waals surface area contributed by atoms with E-state index in [0.717, 1.165) is 5.75 Å². The summed E-state index contributed by atoms with van der Waals surface area (Å²) in [5.41, 5.74) is 2.54. The minimum atomic E-state index is 1.12. The number of rotatable bonds is 3. The molecule has 1 heterocycles. The second kappa shape index (κ2) is 4.38. The molecule has 0 amide bonds. The molecule has 0 aliphatic carbocycles. The van der Waals surface area contributed by atoms with Gasteiger partial charge in [-0.25, -0.2) is 0 Å². The highest BCUT2D eigenvalue weighted by molar-refractivity contribution is 7.99. The third kappa shape index (κ3) is 2.02. The Kier molecular flexibility index (Phi) is 2.94. The van der Waals surface area contributed by atoms with Crippen molar-refractivity contribution in [2.24, 2.45) is 0 Å². The van der Waals surface area contributed by atoms with E-state index in [1.165, 1.54) is 16.0 Å². The van der Waals surface area contributed by atoms with Crippen molar-refractivity contribution in [1.29, 1.82) is 0 Å². The largest absolute Gasteiger partial charge is 0.367 e. The maximum Gasteiger partial charge on any atom is 0.00841 e. The van der Waals surface area contributed by atoms with E-state index >= 15 is 0 Å². The Morgan fingerprint density at radius 1 is 1.21 bits per heavy atom. The lowest BCUT2D eigenvalue weighted by Gasteiger charge is -2.01. The van der Waals surface area contributed by atoms with Crippen LogP contribution in [0.25, 0.3) is 11.1 Å². The second-order valence-corrected chi connectivity index (χ2v) is 4.40. The molecule has 2 rings (SSSR count). The standard InChI is InChI=1S/C12H13NS/c1-2-14-12-5-3-4-10(8-12)11-6-7-13-9-11/h3-9,13H,2H2,1H3. The van der Waals surface area contributed by atoms with Crippen molar-refractivity contribution in [1.82, 2.24) is 4.98 Å². The van der Waals surface area contributed by atoms with Gasteiger partial charge in [0.05, 0.1) is 0 Å². The van der Waals surface area contributed by atoms with E-state index in [9.17, 15) is 0 Å². The first-order chi connectivity index (χ1) is 6.90. The molecule has 0 radical (unpaired) electrons. The first-order valence-electron chi connectivity index (χ1n) is 4.76. The summed E-state index contributed by atoms with van der Waals surface area (Å²) < 4.78 is 0. The molecule has 0 aliphatic rings. The van der Waals surface area contributed by atoms with Crippen LogP contribution in [-0.2, 0) is 0 Å². The Morgan fingerprint density at radius 2 is 2.14 bits per heavy atom. The van der Waals surface area contributed by atoms with Gasteiger partial charge in [-0.05, 0) is 35.1 Å². The highest BCUT2D eigenvalue weighted by Gasteiger charge is 1.98. The van der Waals surface area contributed by atoms with Gasteiger partial charge in [0, 0.05) is 17.3 Å². The number of thioether (sulfide) groups is 1. The molecule has 72 valence electrons. The summed E-state index contributed by atoms with van der Waals surface area (Å²) in [6, 6.07) is 10.7. The highest BCUT2D eigenvalue weighted by Crippen LogP contribution is 2.24. The summed E-state index contributed by atoms with van der Waals surface area (Å²) in [7, 11) is 0. The summed E-state index contributed by atoms with van der Waals surface area (Å²) in [5.74, 6) is 1.12. The van der Waals surface area contributed by atoms with E-state index in [0.29, 0.717) is 0 Å². The Labute approximate surface area is 88.6 Å². The lowest BCUT2D eigenvalue weighted by atomic mass is 10.1. The van der Waals surface area contributed by atoms with Crippen molar-refractivity contribution >= 4 is 11.8 Å². The number of nitrogens with one attached hydrogen (secondary N) is 1. The lowest BCUT2D eigenvalue weighted by Crippen LogP contribution is -1.76. The van der Waals surface area contributed by atoms with Crippen molar-refractivity contribution in [3.63, 3.8) is 0 Å². The molecule has 0 saturated heterocycles. The van der Waals surface area contributed by atoms with Crippen molar-refractivity contribution in [2.75, 3.05) is 5.75 Å². The average Bonchev–Trinajstić information content (AvgIpc) is 2.71. The third-order valence-corrected chi connectivity index (χ3v) is 2.95. The molecule has 1 aromatic carbocycles. The molecule has 0 spiro atoms. The van der Waals surface area contributed by atoms with Crippen molar-refractivity contribution in [3.05, 3.63) is 42.7 Å². The zero-order chi connectivity index (χ0) is 9.80. The fraction of sp³-hybridized carbons (Fsp3) is 0.167. The number of aromatic amines is 1. The molecule has 0 unspecified atom stereocenters. The Hall–Kier alpha value is -1.15. The first-order valence-corrected chi connectivity index (χ1v) is 5.74. The van der Waals surface area contributed by atoms with Crippen LogP contribution in [0.5, 0.6) is 0 Å². The summed E-state index contributed by atoms with van der Waals surface area (Å²) in [5, 5.41) is 0. The summed E-state index contributed by atoms with van der Waals surface area (Å²) in [4.78, 5) is 4.41. The molecule has 0 fully saturated rings. The van der Waals surface area contributed by atoms with Gasteiger partial charge < -0.3 is 4.98 Å². The number of hydrogen-bond acceptors (Lipinski definition) is 1.